The van der Waals surface area contributed by atoms with Crippen LogP contribution in [0.2, 0.25) is 0 Å². The van der Waals surface area contributed by atoms with E-state index >= 15 is 0 Å². The zero-order chi connectivity index (χ0) is 24.2. The zero-order valence-corrected chi connectivity index (χ0v) is 24.7. The molecule has 0 spiro atoms. The summed E-state index contributed by atoms with van der Waals surface area (Å²) in [7, 11) is 0. The molecule has 0 aromatic heterocycles. The lowest BCUT2D eigenvalue weighted by atomic mass is 10.1. The summed E-state index contributed by atoms with van der Waals surface area (Å²) in [5.74, 6) is 0.924. The van der Waals surface area contributed by atoms with Crippen molar-refractivity contribution in [1.29, 1.82) is 0 Å². The first-order valence-corrected chi connectivity index (χ1v) is 13.6. The van der Waals surface area contributed by atoms with Gasteiger partial charge in [-0.3, -0.25) is 0 Å². The summed E-state index contributed by atoms with van der Waals surface area (Å²) in [4.78, 5) is 16.9. The third-order valence-electron chi connectivity index (χ3n) is 4.72. The lowest BCUT2D eigenvalue weighted by Crippen LogP contribution is -2.05. The van der Waals surface area contributed by atoms with Gasteiger partial charge >= 0.3 is 5.97 Å². The average molecular weight is 762 g/mol. The van der Waals surface area contributed by atoms with Crippen LogP contribution in [0, 0.1) is 3.57 Å². The highest BCUT2D eigenvalue weighted by Crippen LogP contribution is 2.38. The van der Waals surface area contributed by atoms with Crippen LogP contribution >= 0.6 is 70.4 Å². The molecule has 3 aromatic carbocycles. The molecule has 1 heterocycles. The Morgan fingerprint density at radius 1 is 1.00 bits per heavy atom. The molecule has 1 aliphatic rings. The molecular formula is C25H17Br3INO4. The number of benzene rings is 3. The number of hydrogen-bond donors (Lipinski definition) is 0. The molecule has 0 saturated carbocycles. The minimum atomic E-state index is -0.505. The van der Waals surface area contributed by atoms with E-state index in [9.17, 15) is 4.79 Å². The van der Waals surface area contributed by atoms with E-state index in [-0.39, 0.29) is 11.6 Å². The lowest BCUT2D eigenvalue weighted by molar-refractivity contribution is -0.129. The molecule has 0 amide bonds. The number of ether oxygens (including phenoxy) is 3. The second kappa shape index (κ2) is 11.4. The number of halogens is 4. The van der Waals surface area contributed by atoms with Crippen LogP contribution in [-0.4, -0.2) is 18.5 Å². The van der Waals surface area contributed by atoms with Crippen molar-refractivity contribution in [3.8, 4) is 11.5 Å². The molecule has 1 aliphatic heterocycles. The van der Waals surface area contributed by atoms with E-state index in [1.165, 1.54) is 0 Å². The topological polar surface area (TPSA) is 57.1 Å². The van der Waals surface area contributed by atoms with Crippen LogP contribution in [0.15, 0.2) is 78.7 Å². The monoisotopic (exact) mass is 759 g/mol. The highest BCUT2D eigenvalue weighted by Gasteiger charge is 2.25. The van der Waals surface area contributed by atoms with Gasteiger partial charge in [-0.2, -0.15) is 0 Å². The molecule has 34 heavy (non-hydrogen) atoms. The number of nitrogens with zero attached hydrogens (tertiary/aromatic N) is 1. The van der Waals surface area contributed by atoms with Crippen molar-refractivity contribution in [3.63, 3.8) is 0 Å². The van der Waals surface area contributed by atoms with Gasteiger partial charge < -0.3 is 14.2 Å². The molecule has 5 nitrogen and oxygen atoms in total. The highest BCUT2D eigenvalue weighted by molar-refractivity contribution is 14.1. The second-order valence-corrected chi connectivity index (χ2v) is 10.9. The molecule has 0 aliphatic carbocycles. The summed E-state index contributed by atoms with van der Waals surface area (Å²) in [5, 5.41) is 0. The Balaban J connectivity index is 1.61. The average Bonchev–Trinajstić information content (AvgIpc) is 3.16. The van der Waals surface area contributed by atoms with Crippen molar-refractivity contribution < 1.29 is 19.0 Å². The Morgan fingerprint density at radius 3 is 2.47 bits per heavy atom. The van der Waals surface area contributed by atoms with E-state index in [4.69, 9.17) is 14.2 Å². The molecule has 4 rings (SSSR count). The van der Waals surface area contributed by atoms with Crippen molar-refractivity contribution in [1.82, 2.24) is 0 Å². The molecule has 0 atom stereocenters. The number of aliphatic imine (C=N–C) groups is 1. The number of rotatable bonds is 7. The molecule has 0 radical (unpaired) electrons. The van der Waals surface area contributed by atoms with Crippen LogP contribution in [0.25, 0.3) is 6.08 Å². The van der Waals surface area contributed by atoms with E-state index < -0.39 is 5.97 Å². The number of esters is 1. The van der Waals surface area contributed by atoms with Gasteiger partial charge in [0.25, 0.3) is 0 Å². The minimum absolute atomic E-state index is 0.211. The molecule has 174 valence electrons. The first-order chi connectivity index (χ1) is 16.3. The summed E-state index contributed by atoms with van der Waals surface area (Å²) in [5.41, 5.74) is 2.69. The van der Waals surface area contributed by atoms with Gasteiger partial charge in [-0.05, 0) is 121 Å². The van der Waals surface area contributed by atoms with Crippen molar-refractivity contribution in [2.45, 2.75) is 13.5 Å². The van der Waals surface area contributed by atoms with Gasteiger partial charge in [0.2, 0.25) is 5.90 Å². The van der Waals surface area contributed by atoms with Gasteiger partial charge in [0.05, 0.1) is 11.1 Å². The van der Waals surface area contributed by atoms with Crippen LogP contribution < -0.4 is 9.47 Å². The van der Waals surface area contributed by atoms with E-state index in [2.05, 4.69) is 75.4 Å². The summed E-state index contributed by atoms with van der Waals surface area (Å²) in [6.45, 7) is 2.76. The Morgan fingerprint density at radius 2 is 1.76 bits per heavy atom. The van der Waals surface area contributed by atoms with E-state index in [0.29, 0.717) is 29.2 Å². The smallest absolute Gasteiger partial charge is 0.363 e. The zero-order valence-electron chi connectivity index (χ0n) is 17.8. The van der Waals surface area contributed by atoms with Gasteiger partial charge in [0.1, 0.15) is 6.61 Å². The molecule has 0 saturated heterocycles. The van der Waals surface area contributed by atoms with E-state index in [1.807, 2.05) is 61.5 Å². The molecule has 0 N–H and O–H groups in total. The Kier molecular flexibility index (Phi) is 8.49. The van der Waals surface area contributed by atoms with Gasteiger partial charge in [-0.15, -0.1) is 0 Å². The largest absolute Gasteiger partial charge is 0.490 e. The molecule has 0 bridgehead atoms. The maximum Gasteiger partial charge on any atom is 0.363 e. The molecule has 0 fully saturated rings. The van der Waals surface area contributed by atoms with E-state index in [1.54, 1.807) is 6.08 Å². The Bertz CT molecular complexity index is 1310. The number of hydrogen-bond acceptors (Lipinski definition) is 5. The van der Waals surface area contributed by atoms with Crippen molar-refractivity contribution in [3.05, 3.63) is 94.0 Å². The minimum Gasteiger partial charge on any atom is -0.490 e. The lowest BCUT2D eigenvalue weighted by Gasteiger charge is -2.15. The Labute approximate surface area is 236 Å². The fourth-order valence-electron chi connectivity index (χ4n) is 3.13. The number of cyclic esters (lactones) is 1. The maximum atomic E-state index is 12.5. The van der Waals surface area contributed by atoms with Crippen molar-refractivity contribution in [2.24, 2.45) is 4.99 Å². The quantitative estimate of drug-likeness (QED) is 0.140. The second-order valence-electron chi connectivity index (χ2n) is 7.14. The molecule has 9 heteroatoms. The highest BCUT2D eigenvalue weighted by atomic mass is 127. The van der Waals surface area contributed by atoms with E-state index in [0.717, 1.165) is 29.2 Å². The summed E-state index contributed by atoms with van der Waals surface area (Å²) >= 11 is 12.7. The first-order valence-electron chi connectivity index (χ1n) is 10.2. The predicted octanol–water partition coefficient (Wildman–Crippen LogP) is 7.90. The van der Waals surface area contributed by atoms with Gasteiger partial charge in [-0.25, -0.2) is 9.79 Å². The third-order valence-corrected chi connectivity index (χ3v) is 8.17. The van der Waals surface area contributed by atoms with Crippen molar-refractivity contribution >= 4 is 88.3 Å². The van der Waals surface area contributed by atoms with Crippen LogP contribution in [0.4, 0.5) is 0 Å². The standard InChI is InChI=1S/C25H17Br3INO4/c1-2-32-22-11-15(9-19(28)23(22)33-13-14-3-6-17(26)7-4-14)10-21-25(31)34-24(30-21)16-5-8-20(29)18(27)12-16/h3-12H,2,13H2,1H3/b21-10-. The molecule has 3 aromatic rings. The van der Waals surface area contributed by atoms with Gasteiger partial charge in [0.15, 0.2) is 17.2 Å². The van der Waals surface area contributed by atoms with Gasteiger partial charge in [-0.1, -0.05) is 28.1 Å². The summed E-state index contributed by atoms with van der Waals surface area (Å²) in [6.07, 6.45) is 1.67. The summed E-state index contributed by atoms with van der Waals surface area (Å²) < 4.78 is 21.0. The first kappa shape index (κ1) is 25.4. The normalized spacial score (nSPS) is 14.2. The van der Waals surface area contributed by atoms with Crippen LogP contribution in [0.5, 0.6) is 11.5 Å². The third kappa shape index (κ3) is 6.10. The molecule has 0 unspecified atom stereocenters. The van der Waals surface area contributed by atoms with Crippen LogP contribution in [-0.2, 0) is 16.1 Å². The van der Waals surface area contributed by atoms with Crippen molar-refractivity contribution in [2.75, 3.05) is 6.61 Å². The predicted molar refractivity (Wildman–Crippen MR) is 151 cm³/mol. The van der Waals surface area contributed by atoms with Gasteiger partial charge in [0, 0.05) is 18.1 Å². The van der Waals surface area contributed by atoms with Crippen LogP contribution in [0.1, 0.15) is 23.6 Å². The maximum absolute atomic E-state index is 12.5. The Hall–Kier alpha value is -1.69. The van der Waals surface area contributed by atoms with Crippen LogP contribution in [0.3, 0.4) is 0 Å². The summed E-state index contributed by atoms with van der Waals surface area (Å²) in [6, 6.07) is 17.3. The molecular weight excluding hydrogens is 745 g/mol. The fourth-order valence-corrected chi connectivity index (χ4v) is 4.68. The fraction of sp³-hybridized carbons (Fsp3) is 0.120. The number of carbonyl (C=O) groups is 1. The SMILES string of the molecule is CCOc1cc(/C=C2\N=C(c3ccc(I)c(Br)c3)OC2=O)cc(Br)c1OCc1ccc(Br)cc1. The number of carbonyl (C=O) groups excluding carboxylic acids is 1.